The molecule has 0 saturated heterocycles. The Labute approximate surface area is 190 Å². The minimum absolute atomic E-state index is 0.201. The summed E-state index contributed by atoms with van der Waals surface area (Å²) >= 11 is 6.35. The first-order chi connectivity index (χ1) is 15.8. The largest absolute Gasteiger partial charge is 0.452 e. The predicted octanol–water partition coefficient (Wildman–Crippen LogP) is 8.03. The zero-order chi connectivity index (χ0) is 21.5. The van der Waals surface area contributed by atoms with Crippen LogP contribution in [-0.4, -0.2) is 9.97 Å². The molecule has 4 aromatic carbocycles. The summed E-state index contributed by atoms with van der Waals surface area (Å²) in [5.74, 6) is 0. The lowest BCUT2D eigenvalue weighted by molar-refractivity contribution is 0.667. The summed E-state index contributed by atoms with van der Waals surface area (Å²) in [4.78, 5) is 9.04. The van der Waals surface area contributed by atoms with E-state index in [2.05, 4.69) is 46.4 Å². The van der Waals surface area contributed by atoms with E-state index < -0.39 is 0 Å². The number of hydrogen-bond acceptors (Lipinski definition) is 3. The molecular formula is C28H17ClN2O. The molecule has 4 heteroatoms. The van der Waals surface area contributed by atoms with Gasteiger partial charge in [-0.25, -0.2) is 9.97 Å². The molecule has 0 atom stereocenters. The summed E-state index contributed by atoms with van der Waals surface area (Å²) in [6, 6.07) is 34.9. The van der Waals surface area contributed by atoms with E-state index in [1.807, 2.05) is 66.7 Å². The third-order valence-corrected chi connectivity index (χ3v) is 5.81. The van der Waals surface area contributed by atoms with Gasteiger partial charge < -0.3 is 4.42 Å². The van der Waals surface area contributed by atoms with Crippen molar-refractivity contribution in [3.8, 4) is 33.5 Å². The van der Waals surface area contributed by atoms with Crippen LogP contribution in [0, 0.1) is 0 Å². The Balaban J connectivity index is 1.70. The van der Waals surface area contributed by atoms with E-state index in [-0.39, 0.29) is 5.28 Å². The van der Waals surface area contributed by atoms with Crippen molar-refractivity contribution in [2.24, 2.45) is 0 Å². The van der Waals surface area contributed by atoms with E-state index in [4.69, 9.17) is 16.0 Å². The van der Waals surface area contributed by atoms with Crippen LogP contribution in [0.1, 0.15) is 0 Å². The summed E-state index contributed by atoms with van der Waals surface area (Å²) < 4.78 is 6.36. The lowest BCUT2D eigenvalue weighted by atomic mass is 9.93. The molecule has 0 bridgehead atoms. The fourth-order valence-corrected chi connectivity index (χ4v) is 4.34. The summed E-state index contributed by atoms with van der Waals surface area (Å²) in [5, 5.41) is 1.12. The minimum Gasteiger partial charge on any atom is -0.452 e. The molecule has 152 valence electrons. The van der Waals surface area contributed by atoms with E-state index in [1.54, 1.807) is 0 Å². The van der Waals surface area contributed by atoms with Crippen molar-refractivity contribution in [3.63, 3.8) is 0 Å². The van der Waals surface area contributed by atoms with E-state index in [0.29, 0.717) is 11.3 Å². The van der Waals surface area contributed by atoms with Crippen LogP contribution < -0.4 is 0 Å². The maximum atomic E-state index is 6.36. The maximum Gasteiger partial charge on any atom is 0.223 e. The topological polar surface area (TPSA) is 38.9 Å². The highest BCUT2D eigenvalue weighted by molar-refractivity contribution is 6.29. The van der Waals surface area contributed by atoms with Crippen LogP contribution in [0.15, 0.2) is 108 Å². The number of halogens is 1. The lowest BCUT2D eigenvalue weighted by Gasteiger charge is -2.10. The average Bonchev–Trinajstić information content (AvgIpc) is 3.22. The summed E-state index contributed by atoms with van der Waals surface area (Å²) in [5.41, 5.74) is 8.22. The second-order valence-electron chi connectivity index (χ2n) is 7.61. The van der Waals surface area contributed by atoms with Crippen LogP contribution in [0.25, 0.3) is 55.6 Å². The van der Waals surface area contributed by atoms with Crippen LogP contribution in [0.5, 0.6) is 0 Å². The third-order valence-electron chi connectivity index (χ3n) is 5.64. The van der Waals surface area contributed by atoms with Gasteiger partial charge in [0.25, 0.3) is 0 Å². The first kappa shape index (κ1) is 18.8. The van der Waals surface area contributed by atoms with Gasteiger partial charge in [0, 0.05) is 10.9 Å². The standard InChI is InChI=1S/C28H17ClN2O/c29-28-30-25(20-14-8-3-9-15-20)27-26(31-28)23-16-21(18-10-4-1-5-11-18)22(17-24(23)32-27)19-12-6-2-7-13-19/h1-17H. The zero-order valence-corrected chi connectivity index (χ0v) is 17.8. The summed E-state index contributed by atoms with van der Waals surface area (Å²) in [7, 11) is 0. The van der Waals surface area contributed by atoms with Crippen LogP contribution >= 0.6 is 11.6 Å². The van der Waals surface area contributed by atoms with Crippen LogP contribution in [0.4, 0.5) is 0 Å². The predicted molar refractivity (Wildman–Crippen MR) is 131 cm³/mol. The monoisotopic (exact) mass is 432 g/mol. The molecule has 0 N–H and O–H groups in total. The van der Waals surface area contributed by atoms with Gasteiger partial charge in [0.05, 0.1) is 0 Å². The molecule has 0 aliphatic rings. The molecule has 6 aromatic rings. The molecule has 0 saturated carbocycles. The van der Waals surface area contributed by atoms with Crippen molar-refractivity contribution in [1.82, 2.24) is 9.97 Å². The lowest BCUT2D eigenvalue weighted by Crippen LogP contribution is -1.89. The Morgan fingerprint density at radius 3 is 1.72 bits per heavy atom. The van der Waals surface area contributed by atoms with Crippen molar-refractivity contribution >= 4 is 33.7 Å². The average molecular weight is 433 g/mol. The molecule has 0 radical (unpaired) electrons. The number of furan rings is 1. The van der Waals surface area contributed by atoms with E-state index >= 15 is 0 Å². The molecule has 2 aromatic heterocycles. The van der Waals surface area contributed by atoms with Gasteiger partial charge in [0.15, 0.2) is 5.58 Å². The maximum absolute atomic E-state index is 6.36. The highest BCUT2D eigenvalue weighted by atomic mass is 35.5. The second kappa shape index (κ2) is 7.63. The van der Waals surface area contributed by atoms with Crippen molar-refractivity contribution in [1.29, 1.82) is 0 Å². The van der Waals surface area contributed by atoms with Gasteiger partial charge in [-0.15, -0.1) is 0 Å². The van der Waals surface area contributed by atoms with E-state index in [1.165, 1.54) is 0 Å². The van der Waals surface area contributed by atoms with Gasteiger partial charge >= 0.3 is 0 Å². The van der Waals surface area contributed by atoms with Crippen molar-refractivity contribution in [2.45, 2.75) is 0 Å². The Morgan fingerprint density at radius 2 is 1.12 bits per heavy atom. The first-order valence-corrected chi connectivity index (χ1v) is 10.8. The molecular weight excluding hydrogens is 416 g/mol. The van der Waals surface area contributed by atoms with Crippen LogP contribution in [-0.2, 0) is 0 Å². The van der Waals surface area contributed by atoms with Crippen LogP contribution in [0.3, 0.4) is 0 Å². The molecule has 0 amide bonds. The molecule has 0 aliphatic carbocycles. The third kappa shape index (κ3) is 3.15. The number of rotatable bonds is 3. The molecule has 0 fully saturated rings. The fourth-order valence-electron chi connectivity index (χ4n) is 4.17. The van der Waals surface area contributed by atoms with Crippen molar-refractivity contribution in [3.05, 3.63) is 108 Å². The van der Waals surface area contributed by atoms with Gasteiger partial charge in [-0.1, -0.05) is 91.0 Å². The van der Waals surface area contributed by atoms with Crippen LogP contribution in [0.2, 0.25) is 5.28 Å². The van der Waals surface area contributed by atoms with Gasteiger partial charge in [-0.2, -0.15) is 0 Å². The van der Waals surface area contributed by atoms with Gasteiger partial charge in [-0.3, -0.25) is 0 Å². The smallest absolute Gasteiger partial charge is 0.223 e. The molecule has 6 rings (SSSR count). The van der Waals surface area contributed by atoms with E-state index in [9.17, 15) is 0 Å². The second-order valence-corrected chi connectivity index (χ2v) is 7.95. The molecule has 0 unspecified atom stereocenters. The number of fused-ring (bicyclic) bond motifs is 3. The molecule has 2 heterocycles. The normalized spacial score (nSPS) is 11.3. The Kier molecular flexibility index (Phi) is 4.48. The Bertz CT molecular complexity index is 1560. The number of benzene rings is 4. The van der Waals surface area contributed by atoms with Crippen molar-refractivity contribution in [2.75, 3.05) is 0 Å². The zero-order valence-electron chi connectivity index (χ0n) is 17.0. The summed E-state index contributed by atoms with van der Waals surface area (Å²) in [6.07, 6.45) is 0. The van der Waals surface area contributed by atoms with E-state index in [0.717, 1.165) is 44.3 Å². The molecule has 0 aliphatic heterocycles. The Morgan fingerprint density at radius 1 is 0.594 bits per heavy atom. The van der Waals surface area contributed by atoms with Crippen molar-refractivity contribution < 1.29 is 4.42 Å². The Hall–Kier alpha value is -3.95. The highest BCUT2D eigenvalue weighted by Crippen LogP contribution is 2.41. The SMILES string of the molecule is Clc1nc(-c2ccccc2)c2oc3cc(-c4ccccc4)c(-c4ccccc4)cc3c2n1. The molecule has 0 spiro atoms. The summed E-state index contributed by atoms with van der Waals surface area (Å²) in [6.45, 7) is 0. The van der Waals surface area contributed by atoms with Gasteiger partial charge in [0.2, 0.25) is 5.28 Å². The first-order valence-electron chi connectivity index (χ1n) is 10.4. The fraction of sp³-hybridized carbons (Fsp3) is 0. The molecule has 3 nitrogen and oxygen atoms in total. The number of aromatic nitrogens is 2. The number of hydrogen-bond donors (Lipinski definition) is 0. The minimum atomic E-state index is 0.201. The highest BCUT2D eigenvalue weighted by Gasteiger charge is 2.19. The molecule has 32 heavy (non-hydrogen) atoms. The van der Waals surface area contributed by atoms with Gasteiger partial charge in [0.1, 0.15) is 16.8 Å². The van der Waals surface area contributed by atoms with Gasteiger partial charge in [-0.05, 0) is 46.0 Å². The quantitative estimate of drug-likeness (QED) is 0.266. The number of nitrogens with zero attached hydrogens (tertiary/aromatic N) is 2.